The molecule has 160 valence electrons. The molecule has 4 atom stereocenters. The fourth-order valence-corrected chi connectivity index (χ4v) is 2.16. The van der Waals surface area contributed by atoms with Gasteiger partial charge in [-0.1, -0.05) is 0 Å². The maximum atomic E-state index is 12.5. The van der Waals surface area contributed by atoms with Gasteiger partial charge < -0.3 is 36.9 Å². The molecule has 1 rings (SSSR count). The number of imidazole rings is 1. The number of hydrogen-bond acceptors (Lipinski definition) is 7. The molecular formula is C16H24N6O7. The van der Waals surface area contributed by atoms with Crippen LogP contribution in [-0.4, -0.2) is 74.0 Å². The van der Waals surface area contributed by atoms with Gasteiger partial charge in [-0.3, -0.25) is 24.0 Å². The van der Waals surface area contributed by atoms with Crippen LogP contribution < -0.4 is 21.7 Å². The molecule has 13 nitrogen and oxygen atoms in total. The van der Waals surface area contributed by atoms with Crippen LogP contribution in [0.5, 0.6) is 0 Å². The first kappa shape index (κ1) is 23.6. The van der Waals surface area contributed by atoms with Crippen LogP contribution >= 0.6 is 0 Å². The van der Waals surface area contributed by atoms with E-state index in [0.717, 1.165) is 0 Å². The Morgan fingerprint density at radius 1 is 1.03 bits per heavy atom. The van der Waals surface area contributed by atoms with Gasteiger partial charge in [-0.2, -0.15) is 0 Å². The molecule has 0 bridgehead atoms. The van der Waals surface area contributed by atoms with Crippen molar-refractivity contribution in [1.29, 1.82) is 0 Å². The van der Waals surface area contributed by atoms with E-state index >= 15 is 0 Å². The van der Waals surface area contributed by atoms with Crippen molar-refractivity contribution in [3.05, 3.63) is 18.2 Å². The number of nitrogens with two attached hydrogens (primary N) is 1. The number of rotatable bonds is 11. The van der Waals surface area contributed by atoms with Crippen molar-refractivity contribution in [3.63, 3.8) is 0 Å². The molecule has 4 unspecified atom stereocenters. The van der Waals surface area contributed by atoms with E-state index in [1.807, 2.05) is 0 Å². The van der Waals surface area contributed by atoms with Gasteiger partial charge in [-0.25, -0.2) is 4.98 Å². The number of carbonyl (C=O) groups is 5. The van der Waals surface area contributed by atoms with E-state index in [1.54, 1.807) is 0 Å². The van der Waals surface area contributed by atoms with Crippen LogP contribution in [0.15, 0.2) is 12.5 Å². The molecule has 0 saturated carbocycles. The normalized spacial score (nSPS) is 14.7. The number of H-pyrrole nitrogens is 1. The summed E-state index contributed by atoms with van der Waals surface area (Å²) in [6, 6.07) is -4.95. The van der Waals surface area contributed by atoms with Crippen LogP contribution in [0.4, 0.5) is 0 Å². The fraction of sp³-hybridized carbons (Fsp3) is 0.500. The summed E-state index contributed by atoms with van der Waals surface area (Å²) in [4.78, 5) is 65.3. The van der Waals surface area contributed by atoms with Crippen LogP contribution in [0.25, 0.3) is 0 Å². The first-order valence-electron chi connectivity index (χ1n) is 8.59. The summed E-state index contributed by atoms with van der Waals surface area (Å²) in [6.45, 7) is 2.60. The highest BCUT2D eigenvalue weighted by Gasteiger charge is 2.30. The van der Waals surface area contributed by atoms with Gasteiger partial charge >= 0.3 is 11.9 Å². The predicted molar refractivity (Wildman–Crippen MR) is 97.3 cm³/mol. The molecule has 0 radical (unpaired) electrons. The number of aromatic nitrogens is 2. The van der Waals surface area contributed by atoms with E-state index in [-0.39, 0.29) is 6.42 Å². The summed E-state index contributed by atoms with van der Waals surface area (Å²) < 4.78 is 0. The van der Waals surface area contributed by atoms with Gasteiger partial charge in [0.2, 0.25) is 17.7 Å². The van der Waals surface area contributed by atoms with Gasteiger partial charge in [0.15, 0.2) is 0 Å². The second-order valence-corrected chi connectivity index (χ2v) is 6.36. The second-order valence-electron chi connectivity index (χ2n) is 6.36. The zero-order valence-electron chi connectivity index (χ0n) is 15.8. The number of hydrogen-bond donors (Lipinski definition) is 7. The van der Waals surface area contributed by atoms with Gasteiger partial charge in [0.05, 0.1) is 18.8 Å². The fourth-order valence-electron chi connectivity index (χ4n) is 2.16. The third kappa shape index (κ3) is 7.96. The number of carbonyl (C=O) groups excluding carboxylic acids is 3. The molecule has 3 amide bonds. The summed E-state index contributed by atoms with van der Waals surface area (Å²) in [6.07, 6.45) is 1.93. The lowest BCUT2D eigenvalue weighted by Gasteiger charge is -2.23. The summed E-state index contributed by atoms with van der Waals surface area (Å²) in [7, 11) is 0. The molecule has 1 heterocycles. The standard InChI is InChI=1S/C16H24N6O7/c1-7(17)13(25)21-11(4-12(23)24)15(27)22-10(3-9-5-18-6-19-9)14(26)20-8(2)16(28)29/h5-8,10-11H,3-4,17H2,1-2H3,(H,18,19)(H,20,26)(H,21,25)(H,22,27)(H,23,24)(H,28,29). The molecule has 0 aliphatic rings. The highest BCUT2D eigenvalue weighted by atomic mass is 16.4. The van der Waals surface area contributed by atoms with Gasteiger partial charge in [0.25, 0.3) is 0 Å². The maximum absolute atomic E-state index is 12.5. The van der Waals surface area contributed by atoms with E-state index < -0.39 is 60.2 Å². The van der Waals surface area contributed by atoms with Crippen molar-refractivity contribution in [2.24, 2.45) is 5.73 Å². The molecule has 0 aliphatic carbocycles. The highest BCUT2D eigenvalue weighted by molar-refractivity contribution is 5.95. The molecule has 8 N–H and O–H groups in total. The molecule has 0 aromatic carbocycles. The van der Waals surface area contributed by atoms with Crippen LogP contribution in [0.1, 0.15) is 26.0 Å². The predicted octanol–water partition coefficient (Wildman–Crippen LogP) is -2.67. The first-order valence-corrected chi connectivity index (χ1v) is 8.59. The monoisotopic (exact) mass is 412 g/mol. The molecule has 0 fully saturated rings. The Morgan fingerprint density at radius 3 is 2.10 bits per heavy atom. The molecule has 1 aromatic heterocycles. The van der Waals surface area contributed by atoms with Crippen molar-refractivity contribution in [2.45, 2.75) is 50.9 Å². The Balaban J connectivity index is 2.98. The molecule has 0 aliphatic heterocycles. The lowest BCUT2D eigenvalue weighted by molar-refractivity contribution is -0.143. The number of nitrogens with one attached hydrogen (secondary N) is 4. The minimum absolute atomic E-state index is 0.0784. The van der Waals surface area contributed by atoms with E-state index in [1.165, 1.54) is 26.4 Å². The van der Waals surface area contributed by atoms with Crippen molar-refractivity contribution in [2.75, 3.05) is 0 Å². The van der Waals surface area contributed by atoms with Crippen molar-refractivity contribution in [3.8, 4) is 0 Å². The molecule has 0 spiro atoms. The van der Waals surface area contributed by atoms with Gasteiger partial charge in [-0.15, -0.1) is 0 Å². The lowest BCUT2D eigenvalue weighted by atomic mass is 10.1. The molecule has 29 heavy (non-hydrogen) atoms. The van der Waals surface area contributed by atoms with E-state index in [2.05, 4.69) is 25.9 Å². The largest absolute Gasteiger partial charge is 0.481 e. The van der Waals surface area contributed by atoms with Crippen molar-refractivity contribution in [1.82, 2.24) is 25.9 Å². The molecule has 13 heteroatoms. The summed E-state index contributed by atoms with van der Waals surface area (Å²) in [5, 5.41) is 24.7. The highest BCUT2D eigenvalue weighted by Crippen LogP contribution is 2.02. The van der Waals surface area contributed by atoms with E-state index in [9.17, 15) is 24.0 Å². The zero-order chi connectivity index (χ0) is 22.1. The quantitative estimate of drug-likeness (QED) is 0.201. The number of carboxylic acids is 2. The second kappa shape index (κ2) is 10.8. The van der Waals surface area contributed by atoms with Gasteiger partial charge in [0, 0.05) is 18.3 Å². The Labute approximate surface area is 165 Å². The van der Waals surface area contributed by atoms with E-state index in [4.69, 9.17) is 15.9 Å². The number of aromatic amines is 1. The summed E-state index contributed by atoms with van der Waals surface area (Å²) in [5.74, 6) is -5.14. The Hall–Kier alpha value is -3.48. The van der Waals surface area contributed by atoms with Crippen LogP contribution in [0.3, 0.4) is 0 Å². The van der Waals surface area contributed by atoms with Crippen LogP contribution in [-0.2, 0) is 30.4 Å². The Kier molecular flexibility index (Phi) is 8.73. The Morgan fingerprint density at radius 2 is 1.62 bits per heavy atom. The van der Waals surface area contributed by atoms with E-state index in [0.29, 0.717) is 5.69 Å². The third-order valence-corrected chi connectivity index (χ3v) is 3.77. The van der Waals surface area contributed by atoms with Gasteiger partial charge in [-0.05, 0) is 13.8 Å². The number of carboxylic acid groups (broad SMARTS) is 2. The molecule has 1 aromatic rings. The smallest absolute Gasteiger partial charge is 0.325 e. The zero-order valence-corrected chi connectivity index (χ0v) is 15.8. The third-order valence-electron chi connectivity index (χ3n) is 3.77. The van der Waals surface area contributed by atoms with Crippen molar-refractivity contribution >= 4 is 29.7 Å². The van der Waals surface area contributed by atoms with Crippen LogP contribution in [0, 0.1) is 0 Å². The van der Waals surface area contributed by atoms with Crippen molar-refractivity contribution < 1.29 is 34.2 Å². The number of nitrogens with zero attached hydrogens (tertiary/aromatic N) is 1. The van der Waals surface area contributed by atoms with Crippen LogP contribution in [0.2, 0.25) is 0 Å². The summed E-state index contributed by atoms with van der Waals surface area (Å²) in [5.41, 5.74) is 5.88. The minimum atomic E-state index is -1.49. The minimum Gasteiger partial charge on any atom is -0.481 e. The maximum Gasteiger partial charge on any atom is 0.325 e. The number of amides is 3. The Bertz CT molecular complexity index is 749. The summed E-state index contributed by atoms with van der Waals surface area (Å²) >= 11 is 0. The number of aliphatic carboxylic acids is 2. The average molecular weight is 412 g/mol. The molecule has 0 saturated heterocycles. The average Bonchev–Trinajstić information content (AvgIpc) is 3.12. The van der Waals surface area contributed by atoms with Gasteiger partial charge in [0.1, 0.15) is 18.1 Å². The SMILES string of the molecule is CC(N)C(=O)NC(CC(=O)O)C(=O)NC(Cc1cnc[nH]1)C(=O)NC(C)C(=O)O. The lowest BCUT2D eigenvalue weighted by Crippen LogP contribution is -2.57. The topological polar surface area (TPSA) is 217 Å². The molecular weight excluding hydrogens is 388 g/mol. The first-order chi connectivity index (χ1) is 13.5.